The molecule has 1 atom stereocenters. The molecule has 0 aromatic heterocycles. The largest absolute Gasteiger partial charge is 0.392 e. The molecule has 1 aromatic carbocycles. The number of aliphatic hydroxyl groups is 1. The van der Waals surface area contributed by atoms with Crippen LogP contribution in [0.2, 0.25) is 5.02 Å². The number of hydrogen-bond acceptors (Lipinski definition) is 3. The molecule has 0 aliphatic carbocycles. The molecule has 1 aromatic rings. The lowest BCUT2D eigenvalue weighted by atomic mass is 10.1. The highest BCUT2D eigenvalue weighted by molar-refractivity contribution is 6.30. The summed E-state index contributed by atoms with van der Waals surface area (Å²) in [6, 6.07) is 6.29. The van der Waals surface area contributed by atoms with Gasteiger partial charge in [-0.2, -0.15) is 0 Å². The molecule has 1 saturated heterocycles. The topological polar surface area (TPSA) is 26.7 Å². The number of halogens is 1. The van der Waals surface area contributed by atoms with Gasteiger partial charge in [0.25, 0.3) is 0 Å². The highest BCUT2D eigenvalue weighted by Gasteiger charge is 2.24. The molecule has 19 heavy (non-hydrogen) atoms. The van der Waals surface area contributed by atoms with Crippen LogP contribution in [0.25, 0.3) is 0 Å². The van der Waals surface area contributed by atoms with Crippen molar-refractivity contribution in [2.45, 2.75) is 32.4 Å². The normalized spacial score (nSPS) is 19.9. The first kappa shape index (κ1) is 14.6. The Bertz CT molecular complexity index is 425. The van der Waals surface area contributed by atoms with Crippen LogP contribution in [0.5, 0.6) is 0 Å². The quantitative estimate of drug-likeness (QED) is 0.900. The highest BCUT2D eigenvalue weighted by atomic mass is 35.5. The average Bonchev–Trinajstić information content (AvgIpc) is 2.85. The first-order valence-electron chi connectivity index (χ1n) is 7.00. The van der Waals surface area contributed by atoms with Crippen LogP contribution < -0.4 is 4.90 Å². The fourth-order valence-electron chi connectivity index (χ4n) is 2.96. The number of benzene rings is 1. The fraction of sp³-hybridized carbons (Fsp3) is 0.600. The third-order valence-electron chi connectivity index (χ3n) is 4.02. The van der Waals surface area contributed by atoms with Crippen molar-refractivity contribution in [1.29, 1.82) is 0 Å². The molecule has 1 heterocycles. The number of nitrogens with zero attached hydrogens (tertiary/aromatic N) is 2. The minimum atomic E-state index is 0.0546. The molecule has 106 valence electrons. The minimum Gasteiger partial charge on any atom is -0.392 e. The van der Waals surface area contributed by atoms with E-state index in [4.69, 9.17) is 11.6 Å². The summed E-state index contributed by atoms with van der Waals surface area (Å²) in [6.07, 6.45) is 2.54. The Hall–Kier alpha value is -0.770. The fourth-order valence-corrected chi connectivity index (χ4v) is 3.13. The van der Waals surface area contributed by atoms with Crippen molar-refractivity contribution in [1.82, 2.24) is 4.90 Å². The lowest BCUT2D eigenvalue weighted by molar-refractivity contribution is 0.269. The van der Waals surface area contributed by atoms with E-state index in [0.29, 0.717) is 6.04 Å². The second-order valence-electron chi connectivity index (χ2n) is 5.24. The van der Waals surface area contributed by atoms with Gasteiger partial charge in [0.1, 0.15) is 0 Å². The molecule has 1 fully saturated rings. The minimum absolute atomic E-state index is 0.0546. The van der Waals surface area contributed by atoms with Crippen molar-refractivity contribution in [2.24, 2.45) is 0 Å². The summed E-state index contributed by atoms with van der Waals surface area (Å²) in [7, 11) is 2.08. The van der Waals surface area contributed by atoms with E-state index >= 15 is 0 Å². The molecule has 1 aliphatic rings. The molecule has 1 unspecified atom stereocenters. The maximum absolute atomic E-state index is 9.44. The molecule has 0 radical (unpaired) electrons. The van der Waals surface area contributed by atoms with Crippen LogP contribution in [-0.2, 0) is 6.61 Å². The maximum Gasteiger partial charge on any atom is 0.0702 e. The third-order valence-corrected chi connectivity index (χ3v) is 4.25. The molecule has 2 rings (SSSR count). The van der Waals surface area contributed by atoms with Gasteiger partial charge in [-0.05, 0) is 38.1 Å². The zero-order valence-corrected chi connectivity index (χ0v) is 12.5. The Morgan fingerprint density at radius 1 is 1.47 bits per heavy atom. The van der Waals surface area contributed by atoms with E-state index in [1.165, 1.54) is 19.4 Å². The Balaban J connectivity index is 2.11. The van der Waals surface area contributed by atoms with Crippen molar-refractivity contribution < 1.29 is 5.11 Å². The second-order valence-corrected chi connectivity index (χ2v) is 5.67. The van der Waals surface area contributed by atoms with Gasteiger partial charge < -0.3 is 10.0 Å². The smallest absolute Gasteiger partial charge is 0.0702 e. The van der Waals surface area contributed by atoms with Crippen molar-refractivity contribution in [2.75, 3.05) is 31.6 Å². The number of hydrogen-bond donors (Lipinski definition) is 1. The van der Waals surface area contributed by atoms with Gasteiger partial charge in [-0.3, -0.25) is 4.90 Å². The predicted molar refractivity (Wildman–Crippen MR) is 80.9 cm³/mol. The summed E-state index contributed by atoms with van der Waals surface area (Å²) < 4.78 is 0. The van der Waals surface area contributed by atoms with Crippen molar-refractivity contribution in [3.05, 3.63) is 28.8 Å². The zero-order valence-electron chi connectivity index (χ0n) is 11.8. The monoisotopic (exact) mass is 282 g/mol. The number of aliphatic hydroxyl groups excluding tert-OH is 1. The molecule has 0 bridgehead atoms. The number of likely N-dealkylation sites (tertiary alicyclic amines) is 1. The maximum atomic E-state index is 9.44. The van der Waals surface area contributed by atoms with Crippen LogP contribution in [0, 0.1) is 0 Å². The zero-order chi connectivity index (χ0) is 13.8. The third kappa shape index (κ3) is 3.41. The van der Waals surface area contributed by atoms with Gasteiger partial charge in [-0.25, -0.2) is 0 Å². The molecule has 3 nitrogen and oxygen atoms in total. The molecule has 1 N–H and O–H groups in total. The Morgan fingerprint density at radius 3 is 2.95 bits per heavy atom. The molecular weight excluding hydrogens is 260 g/mol. The van der Waals surface area contributed by atoms with E-state index in [9.17, 15) is 5.11 Å². The van der Waals surface area contributed by atoms with Gasteiger partial charge in [0, 0.05) is 35.9 Å². The standard InChI is InChI=1S/C15H23ClN2O/c1-3-18-8-4-5-14(18)10-17(2)15-9-13(16)7-6-12(15)11-19/h6-7,9,14,19H,3-5,8,10-11H2,1-2H3. The number of likely N-dealkylation sites (N-methyl/N-ethyl adjacent to an activating group) is 2. The van der Waals surface area contributed by atoms with Crippen LogP contribution in [0.3, 0.4) is 0 Å². The van der Waals surface area contributed by atoms with Gasteiger partial charge in [-0.15, -0.1) is 0 Å². The van der Waals surface area contributed by atoms with E-state index in [-0.39, 0.29) is 6.61 Å². The molecule has 1 aliphatic heterocycles. The molecular formula is C15H23ClN2O. The number of anilines is 1. The number of rotatable bonds is 5. The summed E-state index contributed by atoms with van der Waals surface area (Å²) in [5.74, 6) is 0. The van der Waals surface area contributed by atoms with Crippen LogP contribution in [-0.4, -0.2) is 42.7 Å². The van der Waals surface area contributed by atoms with Crippen molar-refractivity contribution >= 4 is 17.3 Å². The summed E-state index contributed by atoms with van der Waals surface area (Å²) in [4.78, 5) is 4.75. The van der Waals surface area contributed by atoms with E-state index in [1.54, 1.807) is 0 Å². The van der Waals surface area contributed by atoms with Crippen LogP contribution >= 0.6 is 11.6 Å². The van der Waals surface area contributed by atoms with E-state index in [2.05, 4.69) is 23.8 Å². The first-order valence-corrected chi connectivity index (χ1v) is 7.38. The van der Waals surface area contributed by atoms with Crippen molar-refractivity contribution in [3.63, 3.8) is 0 Å². The van der Waals surface area contributed by atoms with E-state index in [1.807, 2.05) is 18.2 Å². The van der Waals surface area contributed by atoms with Crippen LogP contribution in [0.15, 0.2) is 18.2 Å². The van der Waals surface area contributed by atoms with Gasteiger partial charge >= 0.3 is 0 Å². The lowest BCUT2D eigenvalue weighted by Gasteiger charge is -2.30. The lowest BCUT2D eigenvalue weighted by Crippen LogP contribution is -2.39. The van der Waals surface area contributed by atoms with E-state index in [0.717, 1.165) is 29.4 Å². The summed E-state index contributed by atoms with van der Waals surface area (Å²) in [5, 5.41) is 10.2. The SMILES string of the molecule is CCN1CCCC1CN(C)c1cc(Cl)ccc1CO. The van der Waals surface area contributed by atoms with Gasteiger partial charge in [-0.1, -0.05) is 24.6 Å². The Morgan fingerprint density at radius 2 is 2.26 bits per heavy atom. The molecule has 4 heteroatoms. The van der Waals surface area contributed by atoms with Gasteiger partial charge in [0.05, 0.1) is 6.61 Å². The van der Waals surface area contributed by atoms with Gasteiger partial charge in [0.15, 0.2) is 0 Å². The average molecular weight is 283 g/mol. The van der Waals surface area contributed by atoms with Crippen LogP contribution in [0.1, 0.15) is 25.3 Å². The molecule has 0 amide bonds. The van der Waals surface area contributed by atoms with Gasteiger partial charge in [0.2, 0.25) is 0 Å². The Labute approximate surface area is 120 Å². The first-order chi connectivity index (χ1) is 9.15. The molecule has 0 spiro atoms. The summed E-state index contributed by atoms with van der Waals surface area (Å²) >= 11 is 6.07. The highest BCUT2D eigenvalue weighted by Crippen LogP contribution is 2.26. The Kier molecular flexibility index (Phi) is 5.08. The molecule has 0 saturated carbocycles. The van der Waals surface area contributed by atoms with E-state index < -0.39 is 0 Å². The predicted octanol–water partition coefficient (Wildman–Crippen LogP) is 2.75. The second kappa shape index (κ2) is 6.60. The van der Waals surface area contributed by atoms with Crippen molar-refractivity contribution in [3.8, 4) is 0 Å². The van der Waals surface area contributed by atoms with Crippen LogP contribution in [0.4, 0.5) is 5.69 Å². The summed E-state index contributed by atoms with van der Waals surface area (Å²) in [6.45, 7) is 5.58. The summed E-state index contributed by atoms with van der Waals surface area (Å²) in [5.41, 5.74) is 1.98.